The van der Waals surface area contributed by atoms with Gasteiger partial charge in [-0.3, -0.25) is 0 Å². The molecule has 0 spiro atoms. The average Bonchev–Trinajstić information content (AvgIpc) is 0. The first-order chi connectivity index (χ1) is 0. The Morgan fingerprint density at radius 2 is 0.375 bits per heavy atom. The van der Waals surface area contributed by atoms with Crippen LogP contribution in [0.25, 0.3) is 0 Å². The number of hydrogen-bond donors (Lipinski definition) is 0. The topological polar surface area (TPSA) is 0 Å². The summed E-state index contributed by atoms with van der Waals surface area (Å²) in [6.07, 6.45) is 0. The van der Waals surface area contributed by atoms with E-state index in [9.17, 15) is 0 Å². The summed E-state index contributed by atoms with van der Waals surface area (Å²) in [5.41, 5.74) is 0. The maximum Gasteiger partial charge on any atom is 3.00 e. The Bertz CT molecular complexity index is 12.5. The molecule has 0 unspecified atom stereocenters. The normalized spacial score (nSPS) is 0. The molecule has 0 atom stereocenters. The van der Waals surface area contributed by atoms with Crippen LogP contribution in [0.3, 0.4) is 0 Å². The van der Waals surface area contributed by atoms with Crippen LogP contribution in [-0.2, 0) is 0 Å². The molecular weight excluding hydrogens is 185 g/mol. The largest absolute Gasteiger partial charge is 3.00 e. The molecule has 0 saturated heterocycles. The van der Waals surface area contributed by atoms with Crippen LogP contribution in [0, 0.1) is 0 Å². The van der Waals surface area contributed by atoms with E-state index in [4.69, 9.17) is 0 Å². The fourth-order valence-electron chi connectivity index (χ4n) is 0. The Morgan fingerprint density at radius 1 is 0.375 bits per heavy atom. The van der Waals surface area contributed by atoms with Crippen molar-refractivity contribution in [3.8, 4) is 0 Å². The molecule has 0 rings (SSSR count). The molecule has 8 heteroatoms. The molecule has 8 heavy (non-hydrogen) atoms. The second-order valence-corrected chi connectivity index (χ2v) is 0. The summed E-state index contributed by atoms with van der Waals surface area (Å²) < 4.78 is 0. The molecule has 0 amide bonds. The standard InChI is InChI=1S/2B.3ClH.3FH/h;;6*1H/q2*+3;;;;;;/p-6. The molecule has 0 aliphatic heterocycles. The minimum absolute atomic E-state index is 0. The van der Waals surface area contributed by atoms with Crippen molar-refractivity contribution in [2.24, 2.45) is 0 Å². The van der Waals surface area contributed by atoms with Crippen molar-refractivity contribution in [2.45, 2.75) is 0 Å². The third-order valence-corrected chi connectivity index (χ3v) is 0. The van der Waals surface area contributed by atoms with Gasteiger partial charge in [0.25, 0.3) is 0 Å². The number of halogens is 6. The van der Waals surface area contributed by atoms with Gasteiger partial charge in [-0.2, -0.15) is 0 Å². The summed E-state index contributed by atoms with van der Waals surface area (Å²) in [5, 5.41) is 0. The van der Waals surface area contributed by atoms with Gasteiger partial charge in [0, 0.05) is 0 Å². The van der Waals surface area contributed by atoms with Crippen molar-refractivity contribution in [2.75, 3.05) is 0 Å². The van der Waals surface area contributed by atoms with Crippen LogP contribution in [0.5, 0.6) is 0 Å². The first-order valence-corrected chi connectivity index (χ1v) is 0. The van der Waals surface area contributed by atoms with Crippen molar-refractivity contribution in [1.29, 1.82) is 0 Å². The Labute approximate surface area is 68.7 Å². The molecule has 0 saturated carbocycles. The maximum atomic E-state index is 0. The SMILES string of the molecule is [B+3].[B+3].[Cl-].[Cl-].[Cl-].[F-].[F-].[F-]. The second kappa shape index (κ2) is 576. The van der Waals surface area contributed by atoms with E-state index in [2.05, 4.69) is 0 Å². The van der Waals surface area contributed by atoms with E-state index in [0.29, 0.717) is 0 Å². The van der Waals surface area contributed by atoms with Crippen LogP contribution in [0.4, 0.5) is 0 Å². The molecule has 0 radical (unpaired) electrons. The minimum Gasteiger partial charge on any atom is -1.00 e. The fourth-order valence-corrected chi connectivity index (χ4v) is 0. The van der Waals surface area contributed by atoms with E-state index in [-0.39, 0.29) is 68.2 Å². The maximum absolute atomic E-state index is 0. The van der Waals surface area contributed by atoms with Crippen molar-refractivity contribution in [3.05, 3.63) is 0 Å². The zero-order valence-corrected chi connectivity index (χ0v) is 5.69. The Morgan fingerprint density at radius 3 is 0.375 bits per heavy atom. The van der Waals surface area contributed by atoms with Crippen molar-refractivity contribution in [1.82, 2.24) is 0 Å². The quantitative estimate of drug-likeness (QED) is 0.329. The van der Waals surface area contributed by atoms with Gasteiger partial charge in [0.05, 0.1) is 0 Å². The van der Waals surface area contributed by atoms with Gasteiger partial charge in [-0.05, 0) is 0 Å². The molecule has 0 aliphatic carbocycles. The predicted molar refractivity (Wildman–Crippen MR) is 11.5 cm³/mol. The molecule has 0 aromatic carbocycles. The summed E-state index contributed by atoms with van der Waals surface area (Å²) in [6.45, 7) is 0. The van der Waals surface area contributed by atoms with Gasteiger partial charge in [0.15, 0.2) is 0 Å². The zero-order chi connectivity index (χ0) is 0. The van der Waals surface area contributed by atoms with Crippen LogP contribution >= 0.6 is 0 Å². The molecule has 48 valence electrons. The average molecular weight is 185 g/mol. The minimum atomic E-state index is 0. The molecular formula is B2Cl3F3. The third kappa shape index (κ3) is 365. The predicted octanol–water partition coefficient (Wildman–Crippen LogP) is -18.7. The molecule has 0 nitrogen and oxygen atoms in total. The summed E-state index contributed by atoms with van der Waals surface area (Å²) in [5.74, 6) is 0. The Kier molecular flexibility index (Phi) is 61500. The summed E-state index contributed by atoms with van der Waals surface area (Å²) >= 11 is 0. The molecule has 0 bridgehead atoms. The summed E-state index contributed by atoms with van der Waals surface area (Å²) in [4.78, 5) is 0. The molecule has 0 N–H and O–H groups in total. The van der Waals surface area contributed by atoms with Gasteiger partial charge >= 0.3 is 16.8 Å². The molecule has 0 heterocycles. The van der Waals surface area contributed by atoms with E-state index in [0.717, 1.165) is 0 Å². The molecule has 0 fully saturated rings. The van der Waals surface area contributed by atoms with Crippen molar-refractivity contribution >= 4 is 16.8 Å². The van der Waals surface area contributed by atoms with E-state index in [1.54, 1.807) is 0 Å². The summed E-state index contributed by atoms with van der Waals surface area (Å²) in [6, 6.07) is 0. The van der Waals surface area contributed by atoms with Gasteiger partial charge in [-0.25, -0.2) is 0 Å². The second-order valence-electron chi connectivity index (χ2n) is 0. The van der Waals surface area contributed by atoms with E-state index >= 15 is 0 Å². The molecule has 0 aromatic rings. The first-order valence-electron chi connectivity index (χ1n) is 0. The fraction of sp³-hybridized carbons (Fsp3) is 0. The van der Waals surface area contributed by atoms with Gasteiger partial charge in [-0.15, -0.1) is 0 Å². The smallest absolute Gasteiger partial charge is 1.00 e. The van der Waals surface area contributed by atoms with E-state index < -0.39 is 0 Å². The van der Waals surface area contributed by atoms with Crippen LogP contribution in [0.2, 0.25) is 0 Å². The third-order valence-electron chi connectivity index (χ3n) is 0. The number of hydrogen-bond acceptors (Lipinski definition) is 0. The Hall–Kier alpha value is 0.790. The summed E-state index contributed by atoms with van der Waals surface area (Å²) in [7, 11) is 0. The number of rotatable bonds is 0. The van der Waals surface area contributed by atoms with Gasteiger partial charge in [0.2, 0.25) is 0 Å². The van der Waals surface area contributed by atoms with Crippen LogP contribution in [0.15, 0.2) is 0 Å². The van der Waals surface area contributed by atoms with Crippen LogP contribution in [0.1, 0.15) is 0 Å². The van der Waals surface area contributed by atoms with Gasteiger partial charge in [0.1, 0.15) is 0 Å². The van der Waals surface area contributed by atoms with Crippen molar-refractivity contribution in [3.63, 3.8) is 0 Å². The first kappa shape index (κ1) is 855. The monoisotopic (exact) mass is 184 g/mol. The van der Waals surface area contributed by atoms with Crippen LogP contribution in [-0.4, -0.2) is 16.8 Å². The van der Waals surface area contributed by atoms with E-state index in [1.807, 2.05) is 0 Å². The Balaban J connectivity index is 0. The van der Waals surface area contributed by atoms with E-state index in [1.165, 1.54) is 0 Å². The zero-order valence-electron chi connectivity index (χ0n) is 3.42. The van der Waals surface area contributed by atoms with Crippen molar-refractivity contribution < 1.29 is 51.3 Å². The molecule has 0 aliphatic rings. The molecule has 0 aromatic heterocycles. The van der Waals surface area contributed by atoms with Gasteiger partial charge in [-0.1, -0.05) is 0 Å². The van der Waals surface area contributed by atoms with Crippen LogP contribution < -0.4 is 51.3 Å². The van der Waals surface area contributed by atoms with Gasteiger partial charge < -0.3 is 51.3 Å².